The van der Waals surface area contributed by atoms with Gasteiger partial charge in [-0.1, -0.05) is 72.8 Å². The van der Waals surface area contributed by atoms with Gasteiger partial charge in [-0.25, -0.2) is 0 Å². The number of rotatable bonds is 4. The Labute approximate surface area is 107 Å². The van der Waals surface area contributed by atoms with Crippen LogP contribution in [0, 0.1) is 0 Å². The Hall–Kier alpha value is -1.90. The van der Waals surface area contributed by atoms with Crippen LogP contribution in [0.1, 0.15) is 17.0 Å². The van der Waals surface area contributed by atoms with Crippen molar-refractivity contribution in [3.05, 3.63) is 77.9 Å². The lowest BCUT2D eigenvalue weighted by Gasteiger charge is -2.15. The monoisotopic (exact) mass is 240 g/mol. The van der Waals surface area contributed by atoms with Gasteiger partial charge in [0.15, 0.2) is 6.29 Å². The lowest BCUT2D eigenvalue weighted by atomic mass is 9.97. The molecule has 0 saturated heterocycles. The fourth-order valence-corrected chi connectivity index (χ4v) is 1.84. The number of aliphatic hydroxyl groups is 2. The second-order valence-electron chi connectivity index (χ2n) is 4.12. The molecule has 0 fully saturated rings. The van der Waals surface area contributed by atoms with Crippen molar-refractivity contribution in [2.45, 2.75) is 12.2 Å². The van der Waals surface area contributed by atoms with Crippen LogP contribution in [-0.2, 0) is 0 Å². The molecule has 1 unspecified atom stereocenters. The van der Waals surface area contributed by atoms with Crippen LogP contribution in [0.15, 0.2) is 66.7 Å². The van der Waals surface area contributed by atoms with Crippen LogP contribution in [0.3, 0.4) is 0 Å². The van der Waals surface area contributed by atoms with Gasteiger partial charge in [0.25, 0.3) is 0 Å². The SMILES string of the molecule is OC(O)C(/C=C/c1ccccc1)c1ccccc1. The van der Waals surface area contributed by atoms with Crippen molar-refractivity contribution in [3.63, 3.8) is 0 Å². The zero-order valence-electron chi connectivity index (χ0n) is 9.98. The third-order valence-electron chi connectivity index (χ3n) is 2.80. The predicted molar refractivity (Wildman–Crippen MR) is 72.9 cm³/mol. The maximum Gasteiger partial charge on any atom is 0.161 e. The second kappa shape index (κ2) is 6.15. The molecule has 0 heterocycles. The fourth-order valence-electron chi connectivity index (χ4n) is 1.84. The quantitative estimate of drug-likeness (QED) is 0.807. The molecule has 0 amide bonds. The molecule has 2 rings (SSSR count). The lowest BCUT2D eigenvalue weighted by molar-refractivity contribution is -0.0494. The largest absolute Gasteiger partial charge is 0.367 e. The molecule has 0 aromatic heterocycles. The van der Waals surface area contributed by atoms with Crippen molar-refractivity contribution >= 4 is 6.08 Å². The van der Waals surface area contributed by atoms with E-state index in [1.165, 1.54) is 0 Å². The molecule has 0 radical (unpaired) electrons. The first kappa shape index (κ1) is 12.6. The van der Waals surface area contributed by atoms with Crippen LogP contribution in [-0.4, -0.2) is 16.5 Å². The Bertz CT molecular complexity index is 489. The minimum Gasteiger partial charge on any atom is -0.367 e. The molecule has 18 heavy (non-hydrogen) atoms. The summed E-state index contributed by atoms with van der Waals surface area (Å²) in [4.78, 5) is 0. The molecule has 2 aromatic carbocycles. The van der Waals surface area contributed by atoms with Crippen LogP contribution in [0.4, 0.5) is 0 Å². The summed E-state index contributed by atoms with van der Waals surface area (Å²) >= 11 is 0. The van der Waals surface area contributed by atoms with Gasteiger partial charge < -0.3 is 10.2 Å². The minimum absolute atomic E-state index is 0.411. The highest BCUT2D eigenvalue weighted by Gasteiger charge is 2.14. The molecule has 2 aromatic rings. The van der Waals surface area contributed by atoms with E-state index in [0.717, 1.165) is 11.1 Å². The molecule has 0 bridgehead atoms. The van der Waals surface area contributed by atoms with Gasteiger partial charge in [-0.2, -0.15) is 0 Å². The highest BCUT2D eigenvalue weighted by molar-refractivity contribution is 5.50. The lowest BCUT2D eigenvalue weighted by Crippen LogP contribution is -2.15. The summed E-state index contributed by atoms with van der Waals surface area (Å²) in [6.07, 6.45) is 2.32. The normalized spacial score (nSPS) is 13.1. The van der Waals surface area contributed by atoms with Crippen molar-refractivity contribution in [1.82, 2.24) is 0 Å². The molecule has 2 N–H and O–H groups in total. The fraction of sp³-hybridized carbons (Fsp3) is 0.125. The zero-order chi connectivity index (χ0) is 12.8. The van der Waals surface area contributed by atoms with Gasteiger partial charge in [0.05, 0.1) is 5.92 Å². The molecule has 0 aliphatic heterocycles. The van der Waals surface area contributed by atoms with Crippen LogP contribution in [0.2, 0.25) is 0 Å². The van der Waals surface area contributed by atoms with Crippen molar-refractivity contribution in [1.29, 1.82) is 0 Å². The Morgan fingerprint density at radius 2 is 1.33 bits per heavy atom. The number of benzene rings is 2. The van der Waals surface area contributed by atoms with E-state index in [-0.39, 0.29) is 0 Å². The van der Waals surface area contributed by atoms with Crippen molar-refractivity contribution in [2.24, 2.45) is 0 Å². The third-order valence-corrected chi connectivity index (χ3v) is 2.80. The predicted octanol–water partition coefficient (Wildman–Crippen LogP) is 2.79. The summed E-state index contributed by atoms with van der Waals surface area (Å²) in [6, 6.07) is 19.3. The van der Waals surface area contributed by atoms with E-state index >= 15 is 0 Å². The van der Waals surface area contributed by atoms with Gasteiger partial charge in [0, 0.05) is 0 Å². The highest BCUT2D eigenvalue weighted by Crippen LogP contribution is 2.21. The molecule has 0 aliphatic carbocycles. The molecule has 1 atom stereocenters. The minimum atomic E-state index is -1.40. The van der Waals surface area contributed by atoms with Crippen molar-refractivity contribution in [2.75, 3.05) is 0 Å². The second-order valence-corrected chi connectivity index (χ2v) is 4.12. The third kappa shape index (κ3) is 3.29. The summed E-state index contributed by atoms with van der Waals surface area (Å²) in [5, 5.41) is 18.9. The van der Waals surface area contributed by atoms with E-state index in [0.29, 0.717) is 0 Å². The summed E-state index contributed by atoms with van der Waals surface area (Å²) in [5.74, 6) is -0.411. The number of hydrogen-bond donors (Lipinski definition) is 2. The van der Waals surface area contributed by atoms with Gasteiger partial charge >= 0.3 is 0 Å². The van der Waals surface area contributed by atoms with E-state index in [2.05, 4.69) is 0 Å². The van der Waals surface area contributed by atoms with Gasteiger partial charge in [-0.3, -0.25) is 0 Å². The average Bonchev–Trinajstić information content (AvgIpc) is 2.41. The average molecular weight is 240 g/mol. The van der Waals surface area contributed by atoms with Gasteiger partial charge in [0.1, 0.15) is 0 Å². The molecule has 2 nitrogen and oxygen atoms in total. The van der Waals surface area contributed by atoms with Crippen LogP contribution < -0.4 is 0 Å². The van der Waals surface area contributed by atoms with E-state index in [1.54, 1.807) is 0 Å². The van der Waals surface area contributed by atoms with E-state index < -0.39 is 12.2 Å². The Morgan fingerprint density at radius 3 is 1.89 bits per heavy atom. The summed E-state index contributed by atoms with van der Waals surface area (Å²) in [7, 11) is 0. The Morgan fingerprint density at radius 1 is 0.778 bits per heavy atom. The smallest absolute Gasteiger partial charge is 0.161 e. The van der Waals surface area contributed by atoms with Crippen LogP contribution in [0.5, 0.6) is 0 Å². The van der Waals surface area contributed by atoms with Gasteiger partial charge in [-0.15, -0.1) is 0 Å². The van der Waals surface area contributed by atoms with E-state index in [1.807, 2.05) is 72.8 Å². The first-order valence-corrected chi connectivity index (χ1v) is 5.92. The van der Waals surface area contributed by atoms with Gasteiger partial charge in [-0.05, 0) is 11.1 Å². The van der Waals surface area contributed by atoms with Crippen LogP contribution >= 0.6 is 0 Å². The highest BCUT2D eigenvalue weighted by atomic mass is 16.5. The van der Waals surface area contributed by atoms with Crippen molar-refractivity contribution < 1.29 is 10.2 Å². The zero-order valence-corrected chi connectivity index (χ0v) is 9.98. The topological polar surface area (TPSA) is 40.5 Å². The maximum absolute atomic E-state index is 9.45. The molecule has 0 saturated carbocycles. The maximum atomic E-state index is 9.45. The van der Waals surface area contributed by atoms with Crippen molar-refractivity contribution in [3.8, 4) is 0 Å². The Balaban J connectivity index is 2.20. The molecular weight excluding hydrogens is 224 g/mol. The molecule has 0 aliphatic rings. The molecule has 0 spiro atoms. The summed E-state index contributed by atoms with van der Waals surface area (Å²) < 4.78 is 0. The summed E-state index contributed by atoms with van der Waals surface area (Å²) in [5.41, 5.74) is 1.93. The molecule has 2 heteroatoms. The molecule has 92 valence electrons. The molecular formula is C16H16O2. The number of hydrogen-bond acceptors (Lipinski definition) is 2. The summed E-state index contributed by atoms with van der Waals surface area (Å²) in [6.45, 7) is 0. The van der Waals surface area contributed by atoms with E-state index in [4.69, 9.17) is 0 Å². The first-order valence-electron chi connectivity index (χ1n) is 5.92. The standard InChI is InChI=1S/C16H16O2/c17-16(18)15(14-9-5-2-6-10-14)12-11-13-7-3-1-4-8-13/h1-12,15-18H/b12-11+. The van der Waals surface area contributed by atoms with Crippen LogP contribution in [0.25, 0.3) is 6.08 Å². The first-order chi connectivity index (χ1) is 8.77. The number of aliphatic hydroxyl groups excluding tert-OH is 1. The van der Waals surface area contributed by atoms with Gasteiger partial charge in [0.2, 0.25) is 0 Å². The Kier molecular flexibility index (Phi) is 4.29. The van der Waals surface area contributed by atoms with E-state index in [9.17, 15) is 10.2 Å².